The number of fused-ring (bicyclic) bond motifs is 3. The van der Waals surface area contributed by atoms with Crippen molar-refractivity contribution in [2.75, 3.05) is 11.6 Å². The molecule has 31 heavy (non-hydrogen) atoms. The minimum atomic E-state index is 0.965. The minimum Gasteiger partial charge on any atom is -0.323 e. The number of nitrogens with zero attached hydrogens (tertiary/aromatic N) is 2. The highest BCUT2D eigenvalue weighted by atomic mass is 32.2. The van der Waals surface area contributed by atoms with E-state index in [0.29, 0.717) is 0 Å². The predicted octanol–water partition coefficient (Wildman–Crippen LogP) is 8.37. The molecular weight excluding hydrogens is 459 g/mol. The lowest BCUT2D eigenvalue weighted by atomic mass is 10.1. The molecule has 3 nitrogen and oxygen atoms in total. The van der Waals surface area contributed by atoms with Gasteiger partial charge in [-0.3, -0.25) is 0 Å². The third kappa shape index (κ3) is 3.67. The summed E-state index contributed by atoms with van der Waals surface area (Å²) in [5.41, 5.74) is 4.97. The topological polar surface area (TPSA) is 37.8 Å². The number of nitrogens with one attached hydrogen (secondary N) is 1. The van der Waals surface area contributed by atoms with E-state index >= 15 is 0 Å². The van der Waals surface area contributed by atoms with Crippen LogP contribution in [0.15, 0.2) is 47.4 Å². The Balaban J connectivity index is 1.46. The predicted molar refractivity (Wildman–Crippen MR) is 139 cm³/mol. The molecule has 3 heterocycles. The normalized spacial score (nSPS) is 14.1. The fourth-order valence-electron chi connectivity index (χ4n) is 4.22. The van der Waals surface area contributed by atoms with Gasteiger partial charge in [0.15, 0.2) is 5.13 Å². The van der Waals surface area contributed by atoms with Crippen molar-refractivity contribution in [2.24, 2.45) is 0 Å². The van der Waals surface area contributed by atoms with Crippen LogP contribution in [0.2, 0.25) is 0 Å². The molecule has 6 rings (SSSR count). The van der Waals surface area contributed by atoms with Gasteiger partial charge in [-0.2, -0.15) is 0 Å². The SMILES string of the molecule is CSc1ccc2nc(Nc3sc4c(c3-c3nc5ccccc5s3)CCCCC4)sc2c1. The molecule has 1 aliphatic carbocycles. The molecule has 0 saturated carbocycles. The third-order valence-corrected chi connectivity index (χ3v) is 9.67. The number of thiophene rings is 1. The molecule has 0 fully saturated rings. The average Bonchev–Trinajstić information content (AvgIpc) is 3.43. The standard InChI is InChI=1S/C24H21N3S4/c1-28-14-11-12-17-20(13-14)31-24(26-17)27-23-21(15-7-3-2-4-9-18(15)29-23)22-25-16-8-5-6-10-19(16)30-22/h5-6,8,10-13H,2-4,7,9H2,1H3,(H,26,27). The van der Waals surface area contributed by atoms with Crippen LogP contribution in [0.1, 0.15) is 29.7 Å². The smallest absolute Gasteiger partial charge is 0.188 e. The van der Waals surface area contributed by atoms with E-state index in [1.807, 2.05) is 11.3 Å². The van der Waals surface area contributed by atoms with Gasteiger partial charge in [-0.05, 0) is 67.8 Å². The van der Waals surface area contributed by atoms with Gasteiger partial charge in [0.2, 0.25) is 0 Å². The molecule has 1 N–H and O–H groups in total. The van der Waals surface area contributed by atoms with Crippen LogP contribution in [-0.4, -0.2) is 16.2 Å². The zero-order valence-corrected chi connectivity index (χ0v) is 20.4. The highest BCUT2D eigenvalue weighted by molar-refractivity contribution is 7.98. The Labute approximate surface area is 197 Å². The van der Waals surface area contributed by atoms with E-state index in [9.17, 15) is 0 Å². The van der Waals surface area contributed by atoms with Crippen molar-refractivity contribution < 1.29 is 0 Å². The minimum absolute atomic E-state index is 0.965. The maximum atomic E-state index is 5.03. The number of hydrogen-bond acceptors (Lipinski definition) is 7. The van der Waals surface area contributed by atoms with Gasteiger partial charge in [-0.15, -0.1) is 34.4 Å². The monoisotopic (exact) mass is 479 g/mol. The molecule has 0 atom stereocenters. The molecule has 0 spiro atoms. The molecule has 5 aromatic rings. The van der Waals surface area contributed by atoms with E-state index < -0.39 is 0 Å². The molecule has 156 valence electrons. The van der Waals surface area contributed by atoms with Crippen molar-refractivity contribution in [2.45, 2.75) is 37.0 Å². The van der Waals surface area contributed by atoms with Crippen molar-refractivity contribution in [1.29, 1.82) is 0 Å². The van der Waals surface area contributed by atoms with Gasteiger partial charge in [0.05, 0.1) is 20.4 Å². The van der Waals surface area contributed by atoms with Crippen LogP contribution in [0, 0.1) is 0 Å². The Hall–Kier alpha value is -1.93. The molecule has 0 bridgehead atoms. The summed E-state index contributed by atoms with van der Waals surface area (Å²) in [7, 11) is 0. The molecule has 7 heteroatoms. The second-order valence-electron chi connectivity index (χ2n) is 7.73. The molecule has 2 aromatic carbocycles. The van der Waals surface area contributed by atoms with Crippen LogP contribution in [0.25, 0.3) is 31.0 Å². The Bertz CT molecular complexity index is 1360. The Morgan fingerprint density at radius 3 is 2.65 bits per heavy atom. The van der Waals surface area contributed by atoms with E-state index in [-0.39, 0.29) is 0 Å². The quantitative estimate of drug-likeness (QED) is 0.207. The van der Waals surface area contributed by atoms with Gasteiger partial charge in [0.25, 0.3) is 0 Å². The number of aromatic nitrogens is 2. The van der Waals surface area contributed by atoms with Crippen molar-refractivity contribution in [1.82, 2.24) is 9.97 Å². The molecular formula is C24H21N3S4. The molecule has 0 aliphatic heterocycles. The summed E-state index contributed by atoms with van der Waals surface area (Å²) < 4.78 is 2.48. The number of thiazole rings is 2. The first kappa shape index (κ1) is 19.7. The van der Waals surface area contributed by atoms with E-state index in [2.05, 4.69) is 54.0 Å². The van der Waals surface area contributed by atoms with Crippen molar-refractivity contribution in [3.63, 3.8) is 0 Å². The van der Waals surface area contributed by atoms with Gasteiger partial charge < -0.3 is 5.32 Å². The lowest BCUT2D eigenvalue weighted by Crippen LogP contribution is -1.92. The van der Waals surface area contributed by atoms with Crippen molar-refractivity contribution in [3.8, 4) is 10.6 Å². The lowest BCUT2D eigenvalue weighted by molar-refractivity contribution is 0.713. The number of para-hydroxylation sites is 1. The third-order valence-electron chi connectivity index (χ3n) is 5.75. The Morgan fingerprint density at radius 2 is 1.74 bits per heavy atom. The molecule has 1 aliphatic rings. The number of hydrogen-bond donors (Lipinski definition) is 1. The Morgan fingerprint density at radius 1 is 0.871 bits per heavy atom. The van der Waals surface area contributed by atoms with Gasteiger partial charge in [0, 0.05) is 15.3 Å². The van der Waals surface area contributed by atoms with Crippen LogP contribution in [0.5, 0.6) is 0 Å². The van der Waals surface area contributed by atoms with Gasteiger partial charge in [0.1, 0.15) is 10.0 Å². The maximum Gasteiger partial charge on any atom is 0.188 e. The molecule has 0 amide bonds. The second-order valence-corrected chi connectivity index (χ2v) is 11.8. The molecule has 0 saturated heterocycles. The van der Waals surface area contributed by atoms with Crippen LogP contribution >= 0.6 is 45.8 Å². The van der Waals surface area contributed by atoms with E-state index in [4.69, 9.17) is 9.97 Å². The van der Waals surface area contributed by atoms with Crippen molar-refractivity contribution >= 4 is 76.3 Å². The van der Waals surface area contributed by atoms with Gasteiger partial charge in [-0.25, -0.2) is 9.97 Å². The largest absolute Gasteiger partial charge is 0.323 e. The number of rotatable bonds is 4. The summed E-state index contributed by atoms with van der Waals surface area (Å²) >= 11 is 7.22. The number of benzene rings is 2. The summed E-state index contributed by atoms with van der Waals surface area (Å²) in [6.45, 7) is 0. The average molecular weight is 480 g/mol. The summed E-state index contributed by atoms with van der Waals surface area (Å²) in [5.74, 6) is 0. The fourth-order valence-corrected chi connectivity index (χ4v) is 8.11. The number of anilines is 2. The number of thioether (sulfide) groups is 1. The maximum absolute atomic E-state index is 5.03. The van der Waals surface area contributed by atoms with Crippen LogP contribution in [0.4, 0.5) is 10.1 Å². The summed E-state index contributed by atoms with van der Waals surface area (Å²) in [4.78, 5) is 12.7. The first-order valence-electron chi connectivity index (χ1n) is 10.5. The highest BCUT2D eigenvalue weighted by Crippen LogP contribution is 2.47. The van der Waals surface area contributed by atoms with Crippen molar-refractivity contribution in [3.05, 3.63) is 52.9 Å². The van der Waals surface area contributed by atoms with E-state index in [1.165, 1.54) is 61.0 Å². The molecule has 0 unspecified atom stereocenters. The zero-order chi connectivity index (χ0) is 20.8. The van der Waals surface area contributed by atoms with Gasteiger partial charge >= 0.3 is 0 Å². The highest BCUT2D eigenvalue weighted by Gasteiger charge is 2.24. The summed E-state index contributed by atoms with van der Waals surface area (Å²) in [6.07, 6.45) is 8.31. The van der Waals surface area contributed by atoms with E-state index in [0.717, 1.165) is 27.6 Å². The summed E-state index contributed by atoms with van der Waals surface area (Å²) in [6, 6.07) is 15.0. The molecule has 0 radical (unpaired) electrons. The number of aryl methyl sites for hydroxylation is 1. The van der Waals surface area contributed by atoms with E-state index in [1.54, 1.807) is 34.4 Å². The fraction of sp³-hybridized carbons (Fsp3) is 0.250. The van der Waals surface area contributed by atoms with Crippen LogP contribution in [0.3, 0.4) is 0 Å². The first-order chi connectivity index (χ1) is 15.3. The first-order valence-corrected chi connectivity index (χ1v) is 14.2. The van der Waals surface area contributed by atoms with Crippen LogP contribution < -0.4 is 5.32 Å². The lowest BCUT2D eigenvalue weighted by Gasteiger charge is -2.05. The van der Waals surface area contributed by atoms with Gasteiger partial charge in [-0.1, -0.05) is 29.9 Å². The van der Waals surface area contributed by atoms with Crippen LogP contribution in [-0.2, 0) is 12.8 Å². The zero-order valence-electron chi connectivity index (χ0n) is 17.1. The second kappa shape index (κ2) is 8.20. The summed E-state index contributed by atoms with van der Waals surface area (Å²) in [5, 5.41) is 7.01. The Kier molecular flexibility index (Phi) is 5.22. The molecule has 3 aromatic heterocycles.